The van der Waals surface area contributed by atoms with Gasteiger partial charge in [-0.3, -0.25) is 4.79 Å². The number of likely N-dealkylation sites (tertiary alicyclic amines) is 1. The largest absolute Gasteiger partial charge is 0.339 e. The number of benzene rings is 1. The molecule has 7 heteroatoms. The Morgan fingerprint density at radius 1 is 1.32 bits per heavy atom. The number of H-pyrrole nitrogens is 1. The first-order valence-corrected chi connectivity index (χ1v) is 9.60. The predicted octanol–water partition coefficient (Wildman–Crippen LogP) is 3.39. The number of aromatic nitrogens is 4. The van der Waals surface area contributed by atoms with Gasteiger partial charge in [-0.05, 0) is 39.2 Å². The Morgan fingerprint density at radius 3 is 3.00 bits per heavy atom. The Morgan fingerprint density at radius 2 is 2.16 bits per heavy atom. The maximum atomic E-state index is 12.7. The summed E-state index contributed by atoms with van der Waals surface area (Å²) < 4.78 is 0. The van der Waals surface area contributed by atoms with Gasteiger partial charge in [-0.15, -0.1) is 10.2 Å². The Hall–Kier alpha value is -2.15. The van der Waals surface area contributed by atoms with E-state index in [9.17, 15) is 4.79 Å². The number of carbonyl (C=O) groups excluding carboxylic acids is 1. The summed E-state index contributed by atoms with van der Waals surface area (Å²) in [5, 5.41) is 9.87. The van der Waals surface area contributed by atoms with Crippen LogP contribution in [0.4, 0.5) is 0 Å². The monoisotopic (exact) mass is 355 g/mol. The molecule has 1 aliphatic heterocycles. The molecule has 0 bridgehead atoms. The van der Waals surface area contributed by atoms with E-state index in [1.165, 1.54) is 18.2 Å². The second-order valence-electron chi connectivity index (χ2n) is 6.60. The number of aromatic amines is 1. The highest BCUT2D eigenvalue weighted by Gasteiger charge is 2.28. The van der Waals surface area contributed by atoms with E-state index in [-0.39, 0.29) is 11.2 Å². The number of fused-ring (bicyclic) bond motifs is 3. The van der Waals surface area contributed by atoms with Crippen LogP contribution < -0.4 is 0 Å². The number of piperidine rings is 1. The Labute approximate surface area is 150 Å². The third-order valence-corrected chi connectivity index (χ3v) is 5.76. The van der Waals surface area contributed by atoms with Crippen LogP contribution in [0, 0.1) is 0 Å². The van der Waals surface area contributed by atoms with Gasteiger partial charge in [0.15, 0.2) is 5.65 Å². The van der Waals surface area contributed by atoms with Gasteiger partial charge in [-0.25, -0.2) is 4.98 Å². The van der Waals surface area contributed by atoms with Crippen LogP contribution >= 0.6 is 11.8 Å². The topological polar surface area (TPSA) is 74.8 Å². The lowest BCUT2D eigenvalue weighted by Crippen LogP contribution is -2.45. The van der Waals surface area contributed by atoms with Gasteiger partial charge < -0.3 is 9.88 Å². The Bertz CT molecular complexity index is 924. The molecule has 1 saturated heterocycles. The van der Waals surface area contributed by atoms with E-state index >= 15 is 0 Å². The maximum absolute atomic E-state index is 12.7. The van der Waals surface area contributed by atoms with Crippen LogP contribution in [0.1, 0.15) is 33.1 Å². The molecule has 1 aliphatic rings. The summed E-state index contributed by atoms with van der Waals surface area (Å²) in [7, 11) is 0. The van der Waals surface area contributed by atoms with E-state index in [2.05, 4.69) is 27.1 Å². The number of para-hydroxylation sites is 1. The van der Waals surface area contributed by atoms with Crippen LogP contribution in [0.5, 0.6) is 0 Å². The highest BCUT2D eigenvalue weighted by Crippen LogP contribution is 2.27. The normalized spacial score (nSPS) is 19.4. The van der Waals surface area contributed by atoms with Crippen molar-refractivity contribution in [1.82, 2.24) is 25.1 Å². The molecule has 2 atom stereocenters. The number of hydrogen-bond donors (Lipinski definition) is 1. The molecule has 3 heterocycles. The average Bonchev–Trinajstić information content (AvgIpc) is 2.99. The van der Waals surface area contributed by atoms with Gasteiger partial charge in [-0.2, -0.15) is 0 Å². The number of carbonyl (C=O) groups is 1. The molecular formula is C18H21N5OS. The van der Waals surface area contributed by atoms with Gasteiger partial charge >= 0.3 is 0 Å². The summed E-state index contributed by atoms with van der Waals surface area (Å²) in [5.74, 6) is 0.164. The van der Waals surface area contributed by atoms with Crippen molar-refractivity contribution in [3.05, 3.63) is 24.3 Å². The van der Waals surface area contributed by atoms with Crippen molar-refractivity contribution < 1.29 is 4.79 Å². The molecule has 4 rings (SSSR count). The summed E-state index contributed by atoms with van der Waals surface area (Å²) >= 11 is 1.38. The third kappa shape index (κ3) is 3.08. The van der Waals surface area contributed by atoms with Crippen molar-refractivity contribution in [2.45, 2.75) is 49.6 Å². The fourth-order valence-electron chi connectivity index (χ4n) is 3.42. The van der Waals surface area contributed by atoms with Crippen LogP contribution in [0.3, 0.4) is 0 Å². The summed E-state index contributed by atoms with van der Waals surface area (Å²) in [4.78, 5) is 22.6. The molecule has 3 aromatic rings. The van der Waals surface area contributed by atoms with Crippen molar-refractivity contribution >= 4 is 39.7 Å². The number of rotatable bonds is 3. The van der Waals surface area contributed by atoms with E-state index in [0.717, 1.165) is 35.8 Å². The standard InChI is InChI=1S/C18H21N5OS/c1-11-7-5-6-10-23(11)17(24)12(2)25-18-20-16-15(21-22-18)13-8-3-4-9-14(13)19-16/h3-4,8-9,11-12H,5-7,10H2,1-2H3,(H,19,20,22). The molecule has 0 radical (unpaired) electrons. The highest BCUT2D eigenvalue weighted by atomic mass is 32.2. The Balaban J connectivity index is 1.55. The van der Waals surface area contributed by atoms with E-state index in [0.29, 0.717) is 16.8 Å². The van der Waals surface area contributed by atoms with Crippen molar-refractivity contribution in [3.8, 4) is 0 Å². The first kappa shape index (κ1) is 16.3. The third-order valence-electron chi connectivity index (χ3n) is 4.82. The number of amides is 1. The summed E-state index contributed by atoms with van der Waals surface area (Å²) in [6.07, 6.45) is 3.38. The molecule has 0 aliphatic carbocycles. The molecule has 130 valence electrons. The smallest absolute Gasteiger partial charge is 0.236 e. The maximum Gasteiger partial charge on any atom is 0.236 e. The minimum atomic E-state index is -0.218. The molecule has 0 saturated carbocycles. The molecule has 2 aromatic heterocycles. The number of nitrogens with zero attached hydrogens (tertiary/aromatic N) is 4. The molecule has 25 heavy (non-hydrogen) atoms. The fraction of sp³-hybridized carbons (Fsp3) is 0.444. The number of thioether (sulfide) groups is 1. The van der Waals surface area contributed by atoms with Gasteiger partial charge in [-0.1, -0.05) is 30.0 Å². The zero-order valence-electron chi connectivity index (χ0n) is 14.4. The van der Waals surface area contributed by atoms with Crippen LogP contribution in [-0.2, 0) is 4.79 Å². The van der Waals surface area contributed by atoms with Crippen molar-refractivity contribution in [1.29, 1.82) is 0 Å². The fourth-order valence-corrected chi connectivity index (χ4v) is 4.21. The van der Waals surface area contributed by atoms with Crippen LogP contribution in [-0.4, -0.2) is 48.8 Å². The zero-order valence-corrected chi connectivity index (χ0v) is 15.2. The quantitative estimate of drug-likeness (QED) is 0.729. The Kier molecular flexibility index (Phi) is 4.33. The first-order valence-electron chi connectivity index (χ1n) is 8.72. The lowest BCUT2D eigenvalue weighted by molar-refractivity contribution is -0.133. The van der Waals surface area contributed by atoms with Gasteiger partial charge in [0, 0.05) is 23.5 Å². The van der Waals surface area contributed by atoms with Crippen molar-refractivity contribution in [2.75, 3.05) is 6.54 Å². The number of nitrogens with one attached hydrogen (secondary N) is 1. The lowest BCUT2D eigenvalue weighted by Gasteiger charge is -2.34. The van der Waals surface area contributed by atoms with Gasteiger partial charge in [0.05, 0.1) is 5.25 Å². The van der Waals surface area contributed by atoms with E-state index < -0.39 is 0 Å². The molecule has 1 fully saturated rings. The minimum absolute atomic E-state index is 0.164. The van der Waals surface area contributed by atoms with Crippen LogP contribution in [0.2, 0.25) is 0 Å². The number of hydrogen-bond acceptors (Lipinski definition) is 5. The SMILES string of the molecule is CC(Sc1nnc2c(n1)[nH]c1ccccc12)C(=O)N1CCCCC1C. The van der Waals surface area contributed by atoms with E-state index in [1.54, 1.807) is 0 Å². The van der Waals surface area contributed by atoms with Gasteiger partial charge in [0.25, 0.3) is 0 Å². The molecule has 0 spiro atoms. The van der Waals surface area contributed by atoms with E-state index in [1.807, 2.05) is 36.1 Å². The second-order valence-corrected chi connectivity index (χ2v) is 7.91. The first-order chi connectivity index (χ1) is 12.1. The minimum Gasteiger partial charge on any atom is -0.339 e. The van der Waals surface area contributed by atoms with E-state index in [4.69, 9.17) is 0 Å². The molecule has 1 amide bonds. The summed E-state index contributed by atoms with van der Waals surface area (Å²) in [5.41, 5.74) is 2.47. The zero-order chi connectivity index (χ0) is 17.4. The average molecular weight is 355 g/mol. The van der Waals surface area contributed by atoms with Crippen LogP contribution in [0.15, 0.2) is 29.4 Å². The second kappa shape index (κ2) is 6.63. The molecule has 1 N–H and O–H groups in total. The van der Waals surface area contributed by atoms with Gasteiger partial charge in [0.2, 0.25) is 11.1 Å². The van der Waals surface area contributed by atoms with Gasteiger partial charge in [0.1, 0.15) is 5.52 Å². The molecule has 6 nitrogen and oxygen atoms in total. The highest BCUT2D eigenvalue weighted by molar-refractivity contribution is 8.00. The van der Waals surface area contributed by atoms with Crippen LogP contribution in [0.25, 0.3) is 22.1 Å². The van der Waals surface area contributed by atoms with Crippen molar-refractivity contribution in [3.63, 3.8) is 0 Å². The summed E-state index contributed by atoms with van der Waals surface area (Å²) in [6.45, 7) is 4.90. The molecule has 2 unspecified atom stereocenters. The summed E-state index contributed by atoms with van der Waals surface area (Å²) in [6, 6.07) is 8.26. The predicted molar refractivity (Wildman–Crippen MR) is 99.5 cm³/mol. The lowest BCUT2D eigenvalue weighted by atomic mass is 10.0. The molecule has 1 aromatic carbocycles. The molecular weight excluding hydrogens is 334 g/mol. The van der Waals surface area contributed by atoms with Crippen molar-refractivity contribution in [2.24, 2.45) is 0 Å².